The Morgan fingerprint density at radius 1 is 1.24 bits per heavy atom. The smallest absolute Gasteiger partial charge is 0.325 e. The largest absolute Gasteiger partial charge is 0.497 e. The lowest BCUT2D eigenvalue weighted by Crippen LogP contribution is -2.49. The van der Waals surface area contributed by atoms with Gasteiger partial charge in [-0.05, 0) is 63.1 Å². The van der Waals surface area contributed by atoms with Crippen LogP contribution in [-0.4, -0.2) is 59.4 Å². The molecule has 1 aromatic carbocycles. The minimum absolute atomic E-state index is 0.139. The van der Waals surface area contributed by atoms with Gasteiger partial charge in [0.25, 0.3) is 5.91 Å². The number of hydrogen-bond acceptors (Lipinski definition) is 4. The zero-order chi connectivity index (χ0) is 21.0. The van der Waals surface area contributed by atoms with Crippen molar-refractivity contribution in [2.24, 2.45) is 0 Å². The van der Waals surface area contributed by atoms with Crippen molar-refractivity contribution in [2.75, 3.05) is 20.2 Å². The quantitative estimate of drug-likeness (QED) is 0.713. The average Bonchev–Trinajstić information content (AvgIpc) is 2.95. The van der Waals surface area contributed by atoms with Crippen molar-refractivity contribution >= 4 is 17.8 Å². The van der Waals surface area contributed by atoms with Gasteiger partial charge in [0.15, 0.2) is 0 Å². The van der Waals surface area contributed by atoms with Crippen LogP contribution in [0.3, 0.4) is 0 Å². The van der Waals surface area contributed by atoms with Crippen molar-refractivity contribution in [3.8, 4) is 5.75 Å². The number of likely N-dealkylation sites (tertiary alicyclic amines) is 1. The fourth-order valence-corrected chi connectivity index (χ4v) is 4.23. The Bertz CT molecular complexity index is 764. The summed E-state index contributed by atoms with van der Waals surface area (Å²) in [6.07, 6.45) is 5.08. The lowest BCUT2D eigenvalue weighted by Gasteiger charge is -2.36. The number of ether oxygens (including phenoxy) is 1. The molecule has 2 aliphatic heterocycles. The molecule has 0 bridgehead atoms. The highest BCUT2D eigenvalue weighted by Crippen LogP contribution is 2.25. The number of benzene rings is 1. The number of methoxy groups -OCH3 is 1. The van der Waals surface area contributed by atoms with E-state index in [0.29, 0.717) is 19.4 Å². The monoisotopic (exact) mass is 401 g/mol. The zero-order valence-corrected chi connectivity index (χ0v) is 17.6. The molecule has 7 heteroatoms. The standard InChI is InChI=1S/C22H31N3O4/c1-4-17-7-5-6-14-24(17)19(26)15-25-20(27)22(2,23-21(25)28)13-12-16-8-10-18(29-3)11-9-16/h8-11,17H,4-7,12-15H2,1-3H3,(H,23,28)/t17-,22-/m1/s1. The number of nitrogens with one attached hydrogen (secondary N) is 1. The van der Waals surface area contributed by atoms with E-state index in [2.05, 4.69) is 12.2 Å². The summed E-state index contributed by atoms with van der Waals surface area (Å²) in [6, 6.07) is 7.38. The van der Waals surface area contributed by atoms with Crippen LogP contribution in [0.4, 0.5) is 4.79 Å². The van der Waals surface area contributed by atoms with E-state index in [9.17, 15) is 14.4 Å². The first-order valence-electron chi connectivity index (χ1n) is 10.4. The number of aryl methyl sites for hydroxylation is 1. The van der Waals surface area contributed by atoms with Crippen LogP contribution in [0.2, 0.25) is 0 Å². The molecule has 0 unspecified atom stereocenters. The van der Waals surface area contributed by atoms with Gasteiger partial charge < -0.3 is 15.0 Å². The summed E-state index contributed by atoms with van der Waals surface area (Å²) < 4.78 is 5.16. The van der Waals surface area contributed by atoms with E-state index < -0.39 is 11.6 Å². The van der Waals surface area contributed by atoms with Gasteiger partial charge >= 0.3 is 6.03 Å². The minimum atomic E-state index is -0.997. The summed E-state index contributed by atoms with van der Waals surface area (Å²) in [5, 5.41) is 2.80. The highest BCUT2D eigenvalue weighted by Gasteiger charge is 2.48. The first kappa shape index (κ1) is 21.1. The maximum atomic E-state index is 13.0. The lowest BCUT2D eigenvalue weighted by atomic mass is 9.93. The summed E-state index contributed by atoms with van der Waals surface area (Å²) >= 11 is 0. The molecule has 0 aliphatic carbocycles. The summed E-state index contributed by atoms with van der Waals surface area (Å²) in [5.74, 6) is 0.312. The molecule has 2 heterocycles. The molecule has 1 N–H and O–H groups in total. The van der Waals surface area contributed by atoms with Gasteiger partial charge in [-0.25, -0.2) is 4.79 Å². The first-order valence-corrected chi connectivity index (χ1v) is 10.4. The maximum absolute atomic E-state index is 13.0. The van der Waals surface area contributed by atoms with Crippen LogP contribution in [0.15, 0.2) is 24.3 Å². The maximum Gasteiger partial charge on any atom is 0.325 e. The van der Waals surface area contributed by atoms with Crippen LogP contribution in [0.1, 0.15) is 51.5 Å². The fraction of sp³-hybridized carbons (Fsp3) is 0.591. The van der Waals surface area contributed by atoms with E-state index in [1.807, 2.05) is 29.2 Å². The molecule has 2 atom stereocenters. The van der Waals surface area contributed by atoms with Crippen LogP contribution in [0.5, 0.6) is 5.75 Å². The molecule has 7 nitrogen and oxygen atoms in total. The number of carbonyl (C=O) groups excluding carboxylic acids is 3. The van der Waals surface area contributed by atoms with Crippen molar-refractivity contribution in [3.05, 3.63) is 29.8 Å². The van der Waals surface area contributed by atoms with Crippen molar-refractivity contribution in [1.82, 2.24) is 15.1 Å². The summed E-state index contributed by atoms with van der Waals surface area (Å²) in [7, 11) is 1.62. The molecule has 0 spiro atoms. The van der Waals surface area contributed by atoms with Gasteiger partial charge in [-0.2, -0.15) is 0 Å². The molecular formula is C22H31N3O4. The van der Waals surface area contributed by atoms with Crippen LogP contribution in [0, 0.1) is 0 Å². The van der Waals surface area contributed by atoms with Crippen molar-refractivity contribution < 1.29 is 19.1 Å². The van der Waals surface area contributed by atoms with Crippen LogP contribution in [0.25, 0.3) is 0 Å². The molecule has 1 aromatic rings. The number of nitrogens with zero attached hydrogens (tertiary/aromatic N) is 2. The van der Waals surface area contributed by atoms with E-state index in [1.54, 1.807) is 14.0 Å². The highest BCUT2D eigenvalue weighted by atomic mass is 16.5. The topological polar surface area (TPSA) is 79.0 Å². The van der Waals surface area contributed by atoms with Crippen molar-refractivity contribution in [1.29, 1.82) is 0 Å². The number of urea groups is 1. The predicted molar refractivity (Wildman–Crippen MR) is 110 cm³/mol. The molecule has 29 heavy (non-hydrogen) atoms. The Morgan fingerprint density at radius 2 is 1.97 bits per heavy atom. The number of amides is 4. The Morgan fingerprint density at radius 3 is 2.62 bits per heavy atom. The van der Waals surface area contributed by atoms with E-state index >= 15 is 0 Å². The minimum Gasteiger partial charge on any atom is -0.497 e. The number of piperidine rings is 1. The van der Waals surface area contributed by atoms with Gasteiger partial charge in [0, 0.05) is 12.6 Å². The SMILES string of the molecule is CC[C@@H]1CCCCN1C(=O)CN1C(=O)N[C@](C)(CCc2ccc(OC)cc2)C1=O. The van der Waals surface area contributed by atoms with E-state index in [0.717, 1.165) is 41.9 Å². The molecule has 2 fully saturated rings. The molecule has 0 aromatic heterocycles. The highest BCUT2D eigenvalue weighted by molar-refractivity contribution is 6.08. The normalized spacial score (nSPS) is 24.6. The molecular weight excluding hydrogens is 370 g/mol. The molecule has 2 aliphatic rings. The Labute approximate surface area is 172 Å². The number of hydrogen-bond donors (Lipinski definition) is 1. The molecule has 3 rings (SSSR count). The molecule has 158 valence electrons. The Hall–Kier alpha value is -2.57. The van der Waals surface area contributed by atoms with E-state index in [1.165, 1.54) is 0 Å². The molecule has 0 saturated carbocycles. The van der Waals surface area contributed by atoms with Gasteiger partial charge in [-0.15, -0.1) is 0 Å². The van der Waals surface area contributed by atoms with E-state index in [4.69, 9.17) is 4.74 Å². The second-order valence-corrected chi connectivity index (χ2v) is 8.15. The Kier molecular flexibility index (Phi) is 6.45. The van der Waals surface area contributed by atoms with Gasteiger partial charge in [-0.3, -0.25) is 14.5 Å². The third kappa shape index (κ3) is 4.54. The van der Waals surface area contributed by atoms with Crippen molar-refractivity contribution in [2.45, 2.75) is 64.0 Å². The van der Waals surface area contributed by atoms with E-state index in [-0.39, 0.29) is 24.4 Å². The van der Waals surface area contributed by atoms with Crippen LogP contribution >= 0.6 is 0 Å². The lowest BCUT2D eigenvalue weighted by molar-refractivity contribution is -0.141. The summed E-state index contributed by atoms with van der Waals surface area (Å²) in [5.41, 5.74) is 0.0614. The number of rotatable bonds is 7. The summed E-state index contributed by atoms with van der Waals surface area (Å²) in [4.78, 5) is 41.2. The van der Waals surface area contributed by atoms with Crippen LogP contribution in [-0.2, 0) is 16.0 Å². The number of imide groups is 1. The zero-order valence-electron chi connectivity index (χ0n) is 17.6. The third-order valence-corrected chi connectivity index (χ3v) is 6.13. The second-order valence-electron chi connectivity index (χ2n) is 8.15. The average molecular weight is 402 g/mol. The number of carbonyl (C=O) groups is 3. The van der Waals surface area contributed by atoms with Gasteiger partial charge in [0.2, 0.25) is 5.91 Å². The van der Waals surface area contributed by atoms with Gasteiger partial charge in [-0.1, -0.05) is 19.1 Å². The third-order valence-electron chi connectivity index (χ3n) is 6.13. The predicted octanol–water partition coefficient (Wildman–Crippen LogP) is 2.73. The fourth-order valence-electron chi connectivity index (χ4n) is 4.23. The van der Waals surface area contributed by atoms with Gasteiger partial charge in [0.1, 0.15) is 17.8 Å². The van der Waals surface area contributed by atoms with Crippen molar-refractivity contribution in [3.63, 3.8) is 0 Å². The molecule has 2 saturated heterocycles. The second kappa shape index (κ2) is 8.84. The summed E-state index contributed by atoms with van der Waals surface area (Å²) in [6.45, 7) is 4.33. The first-order chi connectivity index (χ1) is 13.9. The molecule has 0 radical (unpaired) electrons. The van der Waals surface area contributed by atoms with Crippen LogP contribution < -0.4 is 10.1 Å². The van der Waals surface area contributed by atoms with Gasteiger partial charge in [0.05, 0.1) is 7.11 Å². The molecule has 4 amide bonds. The Balaban J connectivity index is 1.62.